The van der Waals surface area contributed by atoms with Gasteiger partial charge in [-0.3, -0.25) is 0 Å². The van der Waals surface area contributed by atoms with Crippen LogP contribution in [0, 0.1) is 86.2 Å². The number of rotatable bonds is 3. The second-order valence-corrected chi connectivity index (χ2v) is 19.4. The zero-order valence-corrected chi connectivity index (χ0v) is 23.6. The fourth-order valence-corrected chi connectivity index (χ4v) is 18.8. The molecule has 13 rings (SSSR count). The molecule has 12 saturated carbocycles. The summed E-state index contributed by atoms with van der Waals surface area (Å²) in [6.07, 6.45) is 29.0. The van der Waals surface area contributed by atoms with Crippen LogP contribution in [0.15, 0.2) is 0 Å². The molecule has 0 aromatic rings. The fraction of sp³-hybridized carbons (Fsp3) is 0.909. The van der Waals surface area contributed by atoms with E-state index in [4.69, 9.17) is 0 Å². The molecule has 1 aliphatic heterocycles. The Bertz CT molecular complexity index is 760. The molecule has 12 bridgehead atoms. The molecule has 0 aromatic carbocycles. The molecule has 13 aliphatic rings. The second kappa shape index (κ2) is 7.13. The van der Waals surface area contributed by atoms with Crippen molar-refractivity contribution in [1.82, 2.24) is 0 Å². The molecule has 1 heterocycles. The first-order valence-corrected chi connectivity index (χ1v) is 17.9. The molecule has 5 radical (unpaired) electrons. The summed E-state index contributed by atoms with van der Waals surface area (Å²) < 4.78 is 0. The second-order valence-electron chi connectivity index (χ2n) is 16.8. The predicted molar refractivity (Wildman–Crippen MR) is 145 cm³/mol. The van der Waals surface area contributed by atoms with Crippen molar-refractivity contribution in [2.45, 2.75) is 116 Å². The lowest BCUT2D eigenvalue weighted by Gasteiger charge is -2.63. The molecule has 0 amide bonds. The molecular formula is C33H45P2. The molecule has 12 aliphatic carbocycles. The largest absolute Gasteiger partial charge is 0.0575 e. The Hall–Kier alpha value is 0.860. The van der Waals surface area contributed by atoms with Gasteiger partial charge in [-0.2, -0.15) is 0 Å². The van der Waals surface area contributed by atoms with Gasteiger partial charge in [0.15, 0.2) is 0 Å². The molecule has 0 spiro atoms. The van der Waals surface area contributed by atoms with Crippen LogP contribution >= 0.6 is 17.2 Å². The van der Waals surface area contributed by atoms with Gasteiger partial charge in [0, 0.05) is 16.7 Å². The zero-order valence-electron chi connectivity index (χ0n) is 21.8. The highest BCUT2D eigenvalue weighted by Crippen LogP contribution is 2.87. The summed E-state index contributed by atoms with van der Waals surface area (Å²) in [4.78, 5) is 0. The van der Waals surface area contributed by atoms with Gasteiger partial charge in [0.05, 0.1) is 0 Å². The molecule has 2 heteroatoms. The molecular weight excluding hydrogens is 458 g/mol. The summed E-state index contributed by atoms with van der Waals surface area (Å²) in [5.74, 6) is 9.90. The molecule has 0 aromatic heterocycles. The van der Waals surface area contributed by atoms with E-state index in [1.807, 2.05) is 17.2 Å². The van der Waals surface area contributed by atoms with Crippen LogP contribution in [0.4, 0.5) is 0 Å². The van der Waals surface area contributed by atoms with Gasteiger partial charge in [0.2, 0.25) is 0 Å². The van der Waals surface area contributed by atoms with E-state index in [0.29, 0.717) is 16.2 Å². The van der Waals surface area contributed by atoms with Crippen molar-refractivity contribution < 1.29 is 0 Å². The van der Waals surface area contributed by atoms with E-state index in [9.17, 15) is 0 Å². The summed E-state index contributed by atoms with van der Waals surface area (Å²) >= 11 is 0. The van der Waals surface area contributed by atoms with E-state index < -0.39 is 0 Å². The van der Waals surface area contributed by atoms with E-state index in [1.165, 1.54) is 0 Å². The van der Waals surface area contributed by atoms with Crippen molar-refractivity contribution >= 4 is 17.2 Å². The Labute approximate surface area is 218 Å². The lowest BCUT2D eigenvalue weighted by molar-refractivity contribution is -0.0551. The van der Waals surface area contributed by atoms with Crippen LogP contribution in [0.5, 0.6) is 0 Å². The van der Waals surface area contributed by atoms with Crippen LogP contribution in [-0.2, 0) is 0 Å². The normalized spacial score (nSPS) is 63.9. The van der Waals surface area contributed by atoms with Crippen LogP contribution in [0.2, 0.25) is 0 Å². The summed E-state index contributed by atoms with van der Waals surface area (Å²) in [5, 5.41) is 2.10. The molecule has 187 valence electrons. The smallest absolute Gasteiger partial charge is 0.0399 e. The quantitative estimate of drug-likeness (QED) is 0.336. The summed E-state index contributed by atoms with van der Waals surface area (Å²) in [6.45, 7) is 0. The van der Waals surface area contributed by atoms with Gasteiger partial charge in [-0.05, 0) is 185 Å². The van der Waals surface area contributed by atoms with E-state index in [-0.39, 0.29) is 0 Å². The maximum atomic E-state index is 2.14. The molecule has 1 saturated heterocycles. The lowest BCUT2D eigenvalue weighted by Crippen LogP contribution is -2.53. The minimum absolute atomic E-state index is 0.659. The zero-order chi connectivity index (χ0) is 22.6. The van der Waals surface area contributed by atoms with Crippen LogP contribution in [0.1, 0.15) is 116 Å². The van der Waals surface area contributed by atoms with Crippen molar-refractivity contribution in [3.8, 4) is 0 Å². The maximum Gasteiger partial charge on any atom is 0.0399 e. The number of hydrogen-bond acceptors (Lipinski definition) is 0. The summed E-state index contributed by atoms with van der Waals surface area (Å²) in [7, 11) is 3.70. The van der Waals surface area contributed by atoms with Gasteiger partial charge >= 0.3 is 0 Å². The summed E-state index contributed by atoms with van der Waals surface area (Å²) in [6, 6.07) is 0. The summed E-state index contributed by atoms with van der Waals surface area (Å²) in [5.41, 5.74) is 6.28. The molecule has 0 N–H and O–H groups in total. The molecule has 0 atom stereocenters. The monoisotopic (exact) mass is 503 g/mol. The van der Waals surface area contributed by atoms with E-state index in [2.05, 4.69) is 16.7 Å². The Morgan fingerprint density at radius 3 is 0.829 bits per heavy atom. The van der Waals surface area contributed by atoms with Crippen molar-refractivity contribution in [3.05, 3.63) is 16.7 Å². The van der Waals surface area contributed by atoms with Gasteiger partial charge in [-0.15, -0.1) is 0 Å². The van der Waals surface area contributed by atoms with Crippen molar-refractivity contribution in [2.24, 2.45) is 69.5 Å². The third-order valence-corrected chi connectivity index (χ3v) is 18.2. The first-order valence-electron chi connectivity index (χ1n) is 16.1. The van der Waals surface area contributed by atoms with Gasteiger partial charge < -0.3 is 0 Å². The van der Waals surface area contributed by atoms with Gasteiger partial charge in [0.1, 0.15) is 0 Å². The van der Waals surface area contributed by atoms with Gasteiger partial charge in [-0.1, -0.05) is 17.2 Å². The van der Waals surface area contributed by atoms with Crippen LogP contribution < -0.4 is 0 Å². The molecule has 0 nitrogen and oxygen atoms in total. The lowest BCUT2D eigenvalue weighted by atomic mass is 9.45. The maximum absolute atomic E-state index is 2.14. The van der Waals surface area contributed by atoms with E-state index >= 15 is 0 Å². The standard InChI is InChI=1S/C33H45P2/c1-19-2-21-3-20(1)11-31(10-19,12-21)28-29(32-13-22-4-23(14-32)6-24(5-22)15-32)35-30(34-28)33-16-25-7-26(17-33)9-27(8-25)18-33/h19-27H,1-18H2. The Balaban J connectivity index is 1.05. The highest BCUT2D eigenvalue weighted by atomic mass is 31.1. The Morgan fingerprint density at radius 1 is 0.343 bits per heavy atom. The highest BCUT2D eigenvalue weighted by Gasteiger charge is 2.67. The average molecular weight is 504 g/mol. The molecule has 35 heavy (non-hydrogen) atoms. The highest BCUT2D eigenvalue weighted by molar-refractivity contribution is 7.70. The molecule has 13 fully saturated rings. The van der Waals surface area contributed by atoms with Gasteiger partial charge in [-0.25, -0.2) is 0 Å². The Kier molecular flexibility index (Phi) is 4.41. The fourth-order valence-electron chi connectivity index (χ4n) is 14.5. The SMILES string of the molecule is C1C2CC3CC1CC([C]1[P][C](C45CC6CC(CC(C6)C4)C5)[C](C45CC6CC(CC(C6)C4)C5)[P]1)(C2)C3. The topological polar surface area (TPSA) is 0 Å². The van der Waals surface area contributed by atoms with E-state index in [0.717, 1.165) is 53.3 Å². The van der Waals surface area contributed by atoms with Gasteiger partial charge in [0.25, 0.3) is 0 Å². The third-order valence-electron chi connectivity index (χ3n) is 14.3. The van der Waals surface area contributed by atoms with Crippen LogP contribution in [-0.4, -0.2) is 0 Å². The van der Waals surface area contributed by atoms with Crippen molar-refractivity contribution in [1.29, 1.82) is 0 Å². The number of hydrogen-bond donors (Lipinski definition) is 0. The van der Waals surface area contributed by atoms with E-state index in [1.54, 1.807) is 116 Å². The minimum atomic E-state index is 0.659. The first-order chi connectivity index (χ1) is 17.0. The Morgan fingerprint density at radius 2 is 0.571 bits per heavy atom. The molecule has 0 unspecified atom stereocenters. The van der Waals surface area contributed by atoms with Crippen molar-refractivity contribution in [3.63, 3.8) is 0 Å². The minimum Gasteiger partial charge on any atom is -0.0575 e. The first kappa shape index (κ1) is 21.7. The average Bonchev–Trinajstić information content (AvgIpc) is 3.25. The predicted octanol–water partition coefficient (Wildman–Crippen LogP) is 10.1. The third kappa shape index (κ3) is 3.01. The van der Waals surface area contributed by atoms with Crippen LogP contribution in [0.25, 0.3) is 0 Å². The van der Waals surface area contributed by atoms with Crippen LogP contribution in [0.3, 0.4) is 0 Å². The van der Waals surface area contributed by atoms with Crippen molar-refractivity contribution in [2.75, 3.05) is 0 Å².